The van der Waals surface area contributed by atoms with Crippen LogP contribution in [0.4, 0.5) is 9.18 Å². The Hall–Kier alpha value is -3.42. The number of carbonyl (C=O) groups excluding carboxylic acids is 2. The third-order valence-corrected chi connectivity index (χ3v) is 4.33. The Kier molecular flexibility index (Phi) is 3.21. The van der Waals surface area contributed by atoms with Gasteiger partial charge in [0.1, 0.15) is 5.82 Å². The van der Waals surface area contributed by atoms with Crippen molar-refractivity contribution in [1.82, 2.24) is 20.2 Å². The van der Waals surface area contributed by atoms with Crippen LogP contribution in [0.2, 0.25) is 0 Å². The lowest BCUT2D eigenvalue weighted by Crippen LogP contribution is -2.47. The summed E-state index contributed by atoms with van der Waals surface area (Å²) in [5.41, 5.74) is -0.946. The first-order valence-corrected chi connectivity index (χ1v) is 7.51. The lowest BCUT2D eigenvalue weighted by molar-refractivity contribution is -0.124. The second kappa shape index (κ2) is 5.30. The van der Waals surface area contributed by atoms with Gasteiger partial charge in [-0.25, -0.2) is 9.18 Å². The Bertz CT molecular complexity index is 1000. The predicted molar refractivity (Wildman–Crippen MR) is 86.2 cm³/mol. The van der Waals surface area contributed by atoms with Crippen LogP contribution in [-0.4, -0.2) is 26.6 Å². The molecule has 1 aromatic carbocycles. The quantitative estimate of drug-likeness (QED) is 0.631. The van der Waals surface area contributed by atoms with E-state index >= 15 is 0 Å². The van der Waals surface area contributed by atoms with Crippen LogP contribution in [0.1, 0.15) is 5.56 Å². The second-order valence-electron chi connectivity index (χ2n) is 5.87. The maximum atomic E-state index is 13.4. The number of carbonyl (C=O) groups is 2. The third kappa shape index (κ3) is 2.30. The van der Waals surface area contributed by atoms with Crippen LogP contribution in [0.5, 0.6) is 5.88 Å². The number of rotatable bonds is 3. The number of urea groups is 1. The van der Waals surface area contributed by atoms with Gasteiger partial charge in [0.25, 0.3) is 5.91 Å². The van der Waals surface area contributed by atoms with E-state index in [-0.39, 0.29) is 12.4 Å². The van der Waals surface area contributed by atoms with Gasteiger partial charge in [0.15, 0.2) is 11.4 Å². The number of hydrogen-bond acceptors (Lipinski definition) is 4. The number of fused-ring (bicyclic) bond motifs is 1. The van der Waals surface area contributed by atoms with E-state index < -0.39 is 23.3 Å². The minimum absolute atomic E-state index is 0.0710. The first-order chi connectivity index (χ1) is 12.0. The van der Waals surface area contributed by atoms with E-state index in [0.717, 1.165) is 0 Å². The molecular weight excluding hydrogens is 327 g/mol. The Labute approximate surface area is 141 Å². The molecule has 2 aromatic heterocycles. The van der Waals surface area contributed by atoms with Crippen LogP contribution in [0.25, 0.3) is 10.8 Å². The zero-order valence-electron chi connectivity index (χ0n) is 12.9. The average molecular weight is 340 g/mol. The van der Waals surface area contributed by atoms with Gasteiger partial charge in [0, 0.05) is 34.9 Å². The van der Waals surface area contributed by atoms with Crippen molar-refractivity contribution in [3.05, 3.63) is 60.3 Å². The molecule has 3 aromatic rings. The van der Waals surface area contributed by atoms with Crippen LogP contribution < -0.4 is 10.6 Å². The molecule has 3 amide bonds. The fraction of sp³-hybridized carbons (Fsp3) is 0.118. The summed E-state index contributed by atoms with van der Waals surface area (Å²) in [6, 6.07) is 6.72. The van der Waals surface area contributed by atoms with E-state index in [0.29, 0.717) is 16.3 Å². The van der Waals surface area contributed by atoms with Crippen molar-refractivity contribution in [1.29, 1.82) is 0 Å². The summed E-state index contributed by atoms with van der Waals surface area (Å²) < 4.78 is 14.8. The number of imide groups is 1. The number of aromatic nitrogens is 2. The fourth-order valence-corrected chi connectivity index (χ4v) is 3.11. The maximum absolute atomic E-state index is 13.4. The Morgan fingerprint density at radius 3 is 2.80 bits per heavy atom. The minimum atomic E-state index is -1.42. The molecule has 0 aliphatic carbocycles. The summed E-state index contributed by atoms with van der Waals surface area (Å²) in [5, 5.41) is 16.2. The summed E-state index contributed by atoms with van der Waals surface area (Å²) in [5.74, 6) is -1.21. The molecule has 4 rings (SSSR count). The number of nitrogens with zero attached hydrogens (tertiary/aromatic N) is 2. The smallest absolute Gasteiger partial charge is 0.322 e. The number of benzene rings is 1. The molecule has 8 heteroatoms. The molecule has 1 unspecified atom stereocenters. The van der Waals surface area contributed by atoms with E-state index in [1.807, 2.05) is 0 Å². The number of hydrogen-bond donors (Lipinski definition) is 3. The van der Waals surface area contributed by atoms with Gasteiger partial charge < -0.3 is 15.0 Å². The minimum Gasteiger partial charge on any atom is -0.494 e. The van der Waals surface area contributed by atoms with Crippen molar-refractivity contribution in [3.8, 4) is 5.88 Å². The molecule has 0 radical (unpaired) electrons. The Morgan fingerprint density at radius 2 is 2.12 bits per heavy atom. The molecule has 3 N–H and O–H groups in total. The monoisotopic (exact) mass is 340 g/mol. The molecule has 1 saturated heterocycles. The molecular formula is C17H13FN4O3. The van der Waals surface area contributed by atoms with Gasteiger partial charge in [-0.3, -0.25) is 15.1 Å². The largest absolute Gasteiger partial charge is 0.494 e. The lowest BCUT2D eigenvalue weighted by Gasteiger charge is -2.27. The number of amides is 3. The average Bonchev–Trinajstić information content (AvgIpc) is 3.06. The van der Waals surface area contributed by atoms with Gasteiger partial charge in [-0.15, -0.1) is 0 Å². The Morgan fingerprint density at radius 1 is 1.28 bits per heavy atom. The van der Waals surface area contributed by atoms with Crippen LogP contribution in [0.15, 0.2) is 48.9 Å². The van der Waals surface area contributed by atoms with Crippen molar-refractivity contribution in [3.63, 3.8) is 0 Å². The second-order valence-corrected chi connectivity index (χ2v) is 5.87. The number of aromatic hydroxyl groups is 1. The van der Waals surface area contributed by atoms with Crippen molar-refractivity contribution < 1.29 is 19.1 Å². The summed E-state index contributed by atoms with van der Waals surface area (Å²) >= 11 is 0. The summed E-state index contributed by atoms with van der Waals surface area (Å²) in [4.78, 5) is 28.3. The zero-order chi connectivity index (χ0) is 17.6. The Balaban J connectivity index is 1.84. The summed E-state index contributed by atoms with van der Waals surface area (Å²) in [6.07, 6.45) is 4.63. The molecule has 1 atom stereocenters. The number of nitrogens with one attached hydrogen (secondary N) is 2. The summed E-state index contributed by atoms with van der Waals surface area (Å²) in [7, 11) is 0. The van der Waals surface area contributed by atoms with Gasteiger partial charge in [0.2, 0.25) is 0 Å². The van der Waals surface area contributed by atoms with Gasteiger partial charge in [0.05, 0.1) is 6.54 Å². The normalized spacial score (nSPS) is 19.9. The first-order valence-electron chi connectivity index (χ1n) is 7.51. The standard InChI is InChI=1S/C17H13FN4O3/c18-12-4-3-10-8-22(14(23)13(10)6-12)9-17(11-2-1-5-19-7-11)15(24)20-16(25)21-17/h1-8,23H,9H2,(H2,20,21,24,25). The molecule has 7 nitrogen and oxygen atoms in total. The van der Waals surface area contributed by atoms with E-state index in [9.17, 15) is 19.1 Å². The summed E-state index contributed by atoms with van der Waals surface area (Å²) in [6.45, 7) is -0.0710. The predicted octanol–water partition coefficient (Wildman–Crippen LogP) is 1.62. The number of pyridine rings is 1. The highest BCUT2D eigenvalue weighted by atomic mass is 19.1. The molecule has 0 bridgehead atoms. The molecule has 126 valence electrons. The third-order valence-electron chi connectivity index (χ3n) is 4.33. The van der Waals surface area contributed by atoms with Crippen LogP contribution in [0, 0.1) is 5.82 Å². The molecule has 0 saturated carbocycles. The van der Waals surface area contributed by atoms with Crippen LogP contribution >= 0.6 is 0 Å². The van der Waals surface area contributed by atoms with Crippen molar-refractivity contribution in [2.45, 2.75) is 12.1 Å². The highest BCUT2D eigenvalue weighted by Gasteiger charge is 2.48. The van der Waals surface area contributed by atoms with Crippen molar-refractivity contribution in [2.75, 3.05) is 0 Å². The zero-order valence-corrected chi connectivity index (χ0v) is 12.9. The fourth-order valence-electron chi connectivity index (χ4n) is 3.11. The van der Waals surface area contributed by atoms with E-state index in [4.69, 9.17) is 0 Å². The van der Waals surface area contributed by atoms with Crippen molar-refractivity contribution in [2.24, 2.45) is 0 Å². The van der Waals surface area contributed by atoms with Gasteiger partial charge in [-0.1, -0.05) is 6.07 Å². The van der Waals surface area contributed by atoms with Gasteiger partial charge in [-0.05, 0) is 24.3 Å². The highest BCUT2D eigenvalue weighted by Crippen LogP contribution is 2.33. The van der Waals surface area contributed by atoms with Gasteiger partial charge >= 0.3 is 6.03 Å². The number of halogens is 1. The lowest BCUT2D eigenvalue weighted by atomic mass is 9.91. The van der Waals surface area contributed by atoms with E-state index in [1.54, 1.807) is 24.5 Å². The van der Waals surface area contributed by atoms with E-state index in [1.165, 1.54) is 29.0 Å². The highest BCUT2D eigenvalue weighted by molar-refractivity contribution is 6.07. The van der Waals surface area contributed by atoms with Crippen molar-refractivity contribution >= 4 is 22.7 Å². The van der Waals surface area contributed by atoms with E-state index in [2.05, 4.69) is 15.6 Å². The molecule has 1 aliphatic rings. The molecule has 0 spiro atoms. The van der Waals surface area contributed by atoms with Gasteiger partial charge in [-0.2, -0.15) is 0 Å². The maximum Gasteiger partial charge on any atom is 0.322 e. The topological polar surface area (TPSA) is 96.2 Å². The van der Waals surface area contributed by atoms with Crippen LogP contribution in [0.3, 0.4) is 0 Å². The molecule has 1 aliphatic heterocycles. The van der Waals surface area contributed by atoms with Crippen LogP contribution in [-0.2, 0) is 16.9 Å². The SMILES string of the molecule is O=C1NC(=O)C(Cn2cc3ccc(F)cc3c2O)(c2cccnc2)N1. The first kappa shape index (κ1) is 15.1. The molecule has 1 fully saturated rings. The molecule has 25 heavy (non-hydrogen) atoms. The molecule has 3 heterocycles.